The molecular formula is C26H29N5O3S. The molecule has 0 saturated carbocycles. The minimum Gasteiger partial charge on any atom is -0.378 e. The Hall–Kier alpha value is -3.17. The van der Waals surface area contributed by atoms with Crippen molar-refractivity contribution in [1.82, 2.24) is 19.7 Å². The van der Waals surface area contributed by atoms with Crippen LogP contribution in [0.2, 0.25) is 0 Å². The third-order valence-electron chi connectivity index (χ3n) is 6.37. The first-order valence-corrected chi connectivity index (χ1v) is 13.1. The summed E-state index contributed by atoms with van der Waals surface area (Å²) in [5.41, 5.74) is 3.33. The van der Waals surface area contributed by atoms with Crippen LogP contribution in [0.1, 0.15) is 46.0 Å². The molecule has 1 saturated heterocycles. The molecular weight excluding hydrogens is 462 g/mol. The zero-order valence-corrected chi connectivity index (χ0v) is 20.7. The maximum Gasteiger partial charge on any atom is 0.261 e. The number of unbranched alkanes of at least 4 members (excludes halogenated alkanes) is 1. The molecule has 0 aliphatic carbocycles. The normalized spacial score (nSPS) is 15.7. The van der Waals surface area contributed by atoms with E-state index >= 15 is 0 Å². The predicted octanol–water partition coefficient (Wildman–Crippen LogP) is 3.83. The molecule has 8 nitrogen and oxygen atoms in total. The predicted molar refractivity (Wildman–Crippen MR) is 136 cm³/mol. The van der Waals surface area contributed by atoms with Crippen LogP contribution in [0.15, 0.2) is 53.7 Å². The molecule has 5 rings (SSSR count). The van der Waals surface area contributed by atoms with Gasteiger partial charge >= 0.3 is 0 Å². The van der Waals surface area contributed by atoms with Gasteiger partial charge in [0.05, 0.1) is 30.0 Å². The van der Waals surface area contributed by atoms with Crippen molar-refractivity contribution < 1.29 is 14.3 Å². The summed E-state index contributed by atoms with van der Waals surface area (Å²) in [7, 11) is 0. The first-order valence-electron chi connectivity index (χ1n) is 12.1. The Morgan fingerprint density at radius 3 is 2.40 bits per heavy atom. The fourth-order valence-corrected chi connectivity index (χ4v) is 5.39. The Bertz CT molecular complexity index is 1190. The van der Waals surface area contributed by atoms with E-state index in [1.165, 1.54) is 10.5 Å². The van der Waals surface area contributed by atoms with Crippen LogP contribution in [0.4, 0.5) is 5.95 Å². The van der Waals surface area contributed by atoms with E-state index in [0.717, 1.165) is 54.9 Å². The number of imide groups is 1. The molecule has 0 N–H and O–H groups in total. The van der Waals surface area contributed by atoms with Crippen LogP contribution in [0, 0.1) is 0 Å². The van der Waals surface area contributed by atoms with Crippen molar-refractivity contribution in [1.29, 1.82) is 0 Å². The largest absolute Gasteiger partial charge is 0.378 e. The van der Waals surface area contributed by atoms with Gasteiger partial charge in [-0.2, -0.15) is 0 Å². The Morgan fingerprint density at radius 2 is 1.69 bits per heavy atom. The molecule has 0 spiro atoms. The number of amides is 2. The van der Waals surface area contributed by atoms with Gasteiger partial charge in [0, 0.05) is 25.4 Å². The van der Waals surface area contributed by atoms with Gasteiger partial charge in [-0.15, -0.1) is 10.2 Å². The summed E-state index contributed by atoms with van der Waals surface area (Å²) in [6.45, 7) is 5.52. The summed E-state index contributed by atoms with van der Waals surface area (Å²) in [4.78, 5) is 28.7. The van der Waals surface area contributed by atoms with Gasteiger partial charge < -0.3 is 9.64 Å². The van der Waals surface area contributed by atoms with Crippen LogP contribution in [0.3, 0.4) is 0 Å². The summed E-state index contributed by atoms with van der Waals surface area (Å²) >= 11 is 1.65. The number of rotatable bonds is 9. The van der Waals surface area contributed by atoms with Crippen LogP contribution in [-0.4, -0.2) is 70.1 Å². The number of fused-ring (bicyclic) bond motifs is 1. The number of anilines is 1. The number of aryl methyl sites for hydroxylation is 1. The van der Waals surface area contributed by atoms with Crippen molar-refractivity contribution in [2.24, 2.45) is 0 Å². The average molecular weight is 492 g/mol. The van der Waals surface area contributed by atoms with Crippen LogP contribution in [0.5, 0.6) is 0 Å². The van der Waals surface area contributed by atoms with Gasteiger partial charge in [-0.05, 0) is 49.1 Å². The third kappa shape index (κ3) is 4.83. The lowest BCUT2D eigenvalue weighted by Gasteiger charge is -2.28. The minimum atomic E-state index is -0.191. The van der Waals surface area contributed by atoms with E-state index in [2.05, 4.69) is 50.9 Å². The highest BCUT2D eigenvalue weighted by Gasteiger charge is 2.34. The first kappa shape index (κ1) is 23.6. The Kier molecular flexibility index (Phi) is 7.15. The highest BCUT2D eigenvalue weighted by atomic mass is 32.2. The number of ether oxygens (including phenoxy) is 1. The van der Waals surface area contributed by atoms with Gasteiger partial charge in [0.25, 0.3) is 11.8 Å². The van der Waals surface area contributed by atoms with E-state index in [1.807, 2.05) is 0 Å². The molecule has 9 heteroatoms. The van der Waals surface area contributed by atoms with Crippen LogP contribution in [0.25, 0.3) is 5.69 Å². The number of carbonyl (C=O) groups excluding carboxylic acids is 2. The maximum absolute atomic E-state index is 12.6. The molecule has 2 aliphatic heterocycles. The summed E-state index contributed by atoms with van der Waals surface area (Å²) in [6, 6.07) is 15.5. The van der Waals surface area contributed by atoms with Crippen molar-refractivity contribution in [3.05, 3.63) is 65.2 Å². The number of carbonyl (C=O) groups is 2. The molecule has 0 atom stereocenters. The highest BCUT2D eigenvalue weighted by Crippen LogP contribution is 2.29. The lowest BCUT2D eigenvalue weighted by Crippen LogP contribution is -2.37. The van der Waals surface area contributed by atoms with Crippen molar-refractivity contribution in [2.75, 3.05) is 43.5 Å². The van der Waals surface area contributed by atoms with Crippen molar-refractivity contribution in [3.8, 4) is 5.69 Å². The molecule has 0 bridgehead atoms. The molecule has 0 unspecified atom stereocenters. The number of benzene rings is 2. The first-order chi connectivity index (χ1) is 17.2. The van der Waals surface area contributed by atoms with E-state index in [4.69, 9.17) is 4.74 Å². The third-order valence-corrected chi connectivity index (χ3v) is 7.39. The van der Waals surface area contributed by atoms with E-state index in [-0.39, 0.29) is 11.8 Å². The number of thioether (sulfide) groups is 1. The topological polar surface area (TPSA) is 80.6 Å². The monoisotopic (exact) mass is 491 g/mol. The van der Waals surface area contributed by atoms with E-state index < -0.39 is 0 Å². The van der Waals surface area contributed by atoms with Crippen LogP contribution in [-0.2, 0) is 11.2 Å². The van der Waals surface area contributed by atoms with E-state index in [1.54, 1.807) is 36.0 Å². The van der Waals surface area contributed by atoms with Crippen LogP contribution < -0.4 is 4.90 Å². The van der Waals surface area contributed by atoms with Crippen LogP contribution >= 0.6 is 11.8 Å². The quantitative estimate of drug-likeness (QED) is 0.256. The van der Waals surface area contributed by atoms with Crippen molar-refractivity contribution in [3.63, 3.8) is 0 Å². The molecule has 1 fully saturated rings. The smallest absolute Gasteiger partial charge is 0.261 e. The Labute approximate surface area is 209 Å². The average Bonchev–Trinajstić information content (AvgIpc) is 3.44. The highest BCUT2D eigenvalue weighted by molar-refractivity contribution is 7.99. The Balaban J connectivity index is 1.24. The summed E-state index contributed by atoms with van der Waals surface area (Å²) in [6.07, 6.45) is 2.56. The number of nitrogens with zero attached hydrogens (tertiary/aromatic N) is 5. The molecule has 3 heterocycles. The van der Waals surface area contributed by atoms with Gasteiger partial charge in [0.15, 0.2) is 5.16 Å². The second-order valence-electron chi connectivity index (χ2n) is 8.60. The van der Waals surface area contributed by atoms with Gasteiger partial charge in [-0.3, -0.25) is 19.1 Å². The molecule has 3 aromatic rings. The zero-order valence-electron chi connectivity index (χ0n) is 19.9. The molecule has 1 aromatic heterocycles. The zero-order chi connectivity index (χ0) is 24.2. The van der Waals surface area contributed by atoms with Crippen molar-refractivity contribution >= 4 is 29.5 Å². The lowest BCUT2D eigenvalue weighted by molar-refractivity contribution is 0.0652. The fraction of sp³-hybridized carbons (Fsp3) is 0.385. The van der Waals surface area contributed by atoms with Gasteiger partial charge in [0.1, 0.15) is 0 Å². The lowest BCUT2D eigenvalue weighted by atomic mass is 10.1. The number of hydrogen-bond acceptors (Lipinski definition) is 7. The molecule has 2 aromatic carbocycles. The second-order valence-corrected chi connectivity index (χ2v) is 9.67. The molecule has 2 amide bonds. The maximum atomic E-state index is 12.6. The second kappa shape index (κ2) is 10.6. The van der Waals surface area contributed by atoms with Gasteiger partial charge in [-0.1, -0.05) is 43.0 Å². The Morgan fingerprint density at radius 1 is 0.943 bits per heavy atom. The number of hydrogen-bond donors (Lipinski definition) is 0. The van der Waals surface area contributed by atoms with Gasteiger partial charge in [0.2, 0.25) is 5.95 Å². The molecule has 35 heavy (non-hydrogen) atoms. The standard InChI is InChI=1S/C26H29N5O3S/c1-2-19-8-7-9-20(18-19)31-25(29-13-15-34-16-14-29)27-28-26(31)35-17-6-5-12-30-23(32)21-10-3-4-11-22(21)24(30)33/h3-4,7-11,18H,2,5-6,12-17H2,1H3. The van der Waals surface area contributed by atoms with Gasteiger partial charge in [-0.25, -0.2) is 0 Å². The SMILES string of the molecule is CCc1cccc(-n2c(SCCCCN3C(=O)c4ccccc4C3=O)nnc2N2CCOCC2)c1. The van der Waals surface area contributed by atoms with Crippen molar-refractivity contribution in [2.45, 2.75) is 31.3 Å². The molecule has 0 radical (unpaired) electrons. The fourth-order valence-electron chi connectivity index (χ4n) is 4.44. The molecule has 2 aliphatic rings. The number of aromatic nitrogens is 3. The number of morpholine rings is 1. The summed E-state index contributed by atoms with van der Waals surface area (Å²) < 4.78 is 7.66. The summed E-state index contributed by atoms with van der Waals surface area (Å²) in [5.74, 6) is 1.28. The summed E-state index contributed by atoms with van der Waals surface area (Å²) in [5, 5.41) is 9.91. The minimum absolute atomic E-state index is 0.191. The molecule has 182 valence electrons. The van der Waals surface area contributed by atoms with E-state index in [0.29, 0.717) is 30.9 Å². The van der Waals surface area contributed by atoms with E-state index in [9.17, 15) is 9.59 Å².